The third-order valence-electron chi connectivity index (χ3n) is 3.64. The smallest absolute Gasteiger partial charge is 0.251 e. The summed E-state index contributed by atoms with van der Waals surface area (Å²) >= 11 is 12.0. The zero-order valence-electron chi connectivity index (χ0n) is 13.4. The molecule has 0 fully saturated rings. The van der Waals surface area contributed by atoms with Crippen molar-refractivity contribution in [3.05, 3.63) is 58.6 Å². The van der Waals surface area contributed by atoms with E-state index in [4.69, 9.17) is 23.2 Å². The average molecular weight is 379 g/mol. The molecule has 2 heterocycles. The second-order valence-electron chi connectivity index (χ2n) is 5.41. The van der Waals surface area contributed by atoms with Crippen LogP contribution in [0.1, 0.15) is 24.9 Å². The number of hydrogen-bond acceptors (Lipinski definition) is 4. The third kappa shape index (κ3) is 4.18. The number of carbonyl (C=O) groups excluding carboxylic acids is 1. The number of anilines is 1. The van der Waals surface area contributed by atoms with Gasteiger partial charge in [0, 0.05) is 11.2 Å². The van der Waals surface area contributed by atoms with E-state index in [0.29, 0.717) is 23.0 Å². The van der Waals surface area contributed by atoms with Gasteiger partial charge in [0.15, 0.2) is 0 Å². The molecule has 3 aromatic rings. The number of halogens is 2. The minimum atomic E-state index is -0.483. The quantitative estimate of drug-likeness (QED) is 0.712. The topological polar surface area (TPSA) is 77.6 Å². The van der Waals surface area contributed by atoms with Crippen LogP contribution in [0.5, 0.6) is 0 Å². The minimum Gasteiger partial charge on any atom is -0.291 e. The molecule has 25 heavy (non-hydrogen) atoms. The number of aromatic nitrogens is 5. The van der Waals surface area contributed by atoms with E-state index in [-0.39, 0.29) is 11.9 Å². The summed E-state index contributed by atoms with van der Waals surface area (Å²) in [7, 11) is 0. The number of rotatable bonds is 6. The van der Waals surface area contributed by atoms with E-state index >= 15 is 0 Å². The van der Waals surface area contributed by atoms with Crippen molar-refractivity contribution in [1.29, 1.82) is 0 Å². The van der Waals surface area contributed by atoms with E-state index in [2.05, 4.69) is 20.5 Å². The third-order valence-corrected chi connectivity index (χ3v) is 4.20. The van der Waals surface area contributed by atoms with Gasteiger partial charge < -0.3 is 0 Å². The Bertz CT molecular complexity index is 875. The summed E-state index contributed by atoms with van der Waals surface area (Å²) in [4.78, 5) is 16.6. The van der Waals surface area contributed by atoms with Crippen LogP contribution in [0.4, 0.5) is 5.95 Å². The second-order valence-corrected chi connectivity index (χ2v) is 6.25. The molecule has 1 amide bonds. The number of hydrogen-bond donors (Lipinski definition) is 1. The molecule has 2 aromatic heterocycles. The Kier molecular flexibility index (Phi) is 5.35. The number of amides is 1. The fraction of sp³-hybridized carbons (Fsp3) is 0.250. The van der Waals surface area contributed by atoms with Crippen LogP contribution in [-0.2, 0) is 11.3 Å². The Balaban J connectivity index is 1.68. The van der Waals surface area contributed by atoms with E-state index in [9.17, 15) is 4.79 Å². The van der Waals surface area contributed by atoms with Crippen LogP contribution in [0.3, 0.4) is 0 Å². The van der Waals surface area contributed by atoms with Gasteiger partial charge in [0.05, 0.1) is 17.8 Å². The zero-order chi connectivity index (χ0) is 17.8. The van der Waals surface area contributed by atoms with Crippen molar-refractivity contribution < 1.29 is 4.79 Å². The van der Waals surface area contributed by atoms with Crippen molar-refractivity contribution in [2.45, 2.75) is 25.9 Å². The van der Waals surface area contributed by atoms with E-state index < -0.39 is 6.04 Å². The molecule has 9 heteroatoms. The van der Waals surface area contributed by atoms with Crippen LogP contribution < -0.4 is 5.32 Å². The zero-order valence-corrected chi connectivity index (χ0v) is 14.9. The normalized spacial score (nSPS) is 12.1. The van der Waals surface area contributed by atoms with Crippen molar-refractivity contribution >= 4 is 35.1 Å². The van der Waals surface area contributed by atoms with Gasteiger partial charge in [0.1, 0.15) is 12.4 Å². The van der Waals surface area contributed by atoms with E-state index in [1.165, 1.54) is 10.9 Å². The van der Waals surface area contributed by atoms with Gasteiger partial charge in [-0.3, -0.25) is 14.8 Å². The molecule has 1 unspecified atom stereocenters. The van der Waals surface area contributed by atoms with Gasteiger partial charge in [-0.15, -0.1) is 5.10 Å². The van der Waals surface area contributed by atoms with Gasteiger partial charge >= 0.3 is 0 Å². The standard InChI is InChI=1S/C16H16Cl2N6O/c1-2-14(24-9-12(17)7-20-24)15(25)21-16-19-10-23(22-16)8-11-5-3-4-6-13(11)18/h3-7,9-10,14H,2,8H2,1H3,(H,21,22,25). The highest BCUT2D eigenvalue weighted by molar-refractivity contribution is 6.31. The van der Waals surface area contributed by atoms with Gasteiger partial charge in [0.2, 0.25) is 5.95 Å². The highest BCUT2D eigenvalue weighted by Gasteiger charge is 2.20. The lowest BCUT2D eigenvalue weighted by atomic mass is 10.2. The lowest BCUT2D eigenvalue weighted by molar-refractivity contribution is -0.119. The van der Waals surface area contributed by atoms with E-state index in [1.54, 1.807) is 17.2 Å². The van der Waals surface area contributed by atoms with Crippen LogP contribution in [0.2, 0.25) is 10.0 Å². The molecule has 1 N–H and O–H groups in total. The molecular weight excluding hydrogens is 363 g/mol. The second kappa shape index (κ2) is 7.67. The lowest BCUT2D eigenvalue weighted by Crippen LogP contribution is -2.26. The monoisotopic (exact) mass is 378 g/mol. The van der Waals surface area contributed by atoms with Crippen molar-refractivity contribution in [3.63, 3.8) is 0 Å². The molecule has 0 saturated carbocycles. The molecule has 0 saturated heterocycles. The number of benzene rings is 1. The van der Waals surface area contributed by atoms with Crippen LogP contribution in [0.25, 0.3) is 0 Å². The first kappa shape index (κ1) is 17.4. The Hall–Kier alpha value is -2.38. The molecule has 1 aromatic carbocycles. The van der Waals surface area contributed by atoms with E-state index in [1.807, 2.05) is 31.2 Å². The largest absolute Gasteiger partial charge is 0.291 e. The summed E-state index contributed by atoms with van der Waals surface area (Å²) in [5, 5.41) is 12.2. The molecule has 0 bridgehead atoms. The first-order chi connectivity index (χ1) is 12.1. The molecule has 0 spiro atoms. The van der Waals surface area contributed by atoms with Gasteiger partial charge in [-0.1, -0.05) is 48.3 Å². The number of nitrogens with one attached hydrogen (secondary N) is 1. The molecule has 0 aliphatic rings. The Morgan fingerprint density at radius 2 is 2.12 bits per heavy atom. The predicted octanol–water partition coefficient (Wildman–Crippen LogP) is 3.42. The average Bonchev–Trinajstić information content (AvgIpc) is 3.20. The number of carbonyl (C=O) groups is 1. The maximum absolute atomic E-state index is 12.4. The van der Waals surface area contributed by atoms with Crippen LogP contribution >= 0.6 is 23.2 Å². The van der Waals surface area contributed by atoms with Crippen molar-refractivity contribution in [3.8, 4) is 0 Å². The van der Waals surface area contributed by atoms with Crippen molar-refractivity contribution in [1.82, 2.24) is 24.5 Å². The van der Waals surface area contributed by atoms with Crippen LogP contribution in [0.15, 0.2) is 43.0 Å². The molecule has 7 nitrogen and oxygen atoms in total. The SMILES string of the molecule is CCC(C(=O)Nc1ncn(Cc2ccccc2Cl)n1)n1cc(Cl)cn1. The van der Waals surface area contributed by atoms with Crippen molar-refractivity contribution in [2.24, 2.45) is 0 Å². The molecule has 0 aliphatic carbocycles. The molecule has 0 radical (unpaired) electrons. The molecule has 3 rings (SSSR count). The van der Waals surface area contributed by atoms with Gasteiger partial charge in [0.25, 0.3) is 5.91 Å². The van der Waals surface area contributed by atoms with Crippen LogP contribution in [-0.4, -0.2) is 30.5 Å². The Labute approximate surface area is 154 Å². The summed E-state index contributed by atoms with van der Waals surface area (Å²) in [6.45, 7) is 2.36. The van der Waals surface area contributed by atoms with E-state index in [0.717, 1.165) is 5.56 Å². The Morgan fingerprint density at radius 1 is 1.32 bits per heavy atom. The summed E-state index contributed by atoms with van der Waals surface area (Å²) in [5.41, 5.74) is 0.921. The summed E-state index contributed by atoms with van der Waals surface area (Å²) in [5.74, 6) is -0.0217. The van der Waals surface area contributed by atoms with Gasteiger partial charge in [-0.05, 0) is 18.1 Å². The lowest BCUT2D eigenvalue weighted by Gasteiger charge is -2.13. The first-order valence-electron chi connectivity index (χ1n) is 7.70. The fourth-order valence-corrected chi connectivity index (χ4v) is 2.74. The molecular formula is C16H16Cl2N6O. The van der Waals surface area contributed by atoms with Gasteiger partial charge in [-0.25, -0.2) is 9.67 Å². The maximum Gasteiger partial charge on any atom is 0.251 e. The molecule has 1 atom stereocenters. The predicted molar refractivity (Wildman–Crippen MR) is 95.8 cm³/mol. The van der Waals surface area contributed by atoms with Gasteiger partial charge in [-0.2, -0.15) is 5.10 Å². The summed E-state index contributed by atoms with van der Waals surface area (Å²) in [6, 6.07) is 7.02. The first-order valence-corrected chi connectivity index (χ1v) is 8.45. The fourth-order valence-electron chi connectivity index (χ4n) is 2.40. The number of nitrogens with zero attached hydrogens (tertiary/aromatic N) is 5. The maximum atomic E-state index is 12.4. The molecule has 0 aliphatic heterocycles. The highest BCUT2D eigenvalue weighted by atomic mass is 35.5. The summed E-state index contributed by atoms with van der Waals surface area (Å²) in [6.07, 6.45) is 5.21. The molecule has 130 valence electrons. The minimum absolute atomic E-state index is 0.230. The van der Waals surface area contributed by atoms with Crippen LogP contribution in [0, 0.1) is 0 Å². The highest BCUT2D eigenvalue weighted by Crippen LogP contribution is 2.17. The Morgan fingerprint density at radius 3 is 2.80 bits per heavy atom. The van der Waals surface area contributed by atoms with Crippen molar-refractivity contribution in [2.75, 3.05) is 5.32 Å². The summed E-state index contributed by atoms with van der Waals surface area (Å²) < 4.78 is 3.14.